The zero-order valence-electron chi connectivity index (χ0n) is 10.5. The van der Waals surface area contributed by atoms with Gasteiger partial charge in [0.05, 0.1) is 17.9 Å². The smallest absolute Gasteiger partial charge is 0.244 e. The van der Waals surface area contributed by atoms with Gasteiger partial charge in [0.2, 0.25) is 11.8 Å². The summed E-state index contributed by atoms with van der Waals surface area (Å²) in [7, 11) is 1.51. The first-order valence-corrected chi connectivity index (χ1v) is 7.39. The summed E-state index contributed by atoms with van der Waals surface area (Å²) in [6, 6.07) is 4.90. The van der Waals surface area contributed by atoms with Gasteiger partial charge in [-0.1, -0.05) is 35.6 Å². The molecule has 1 saturated heterocycles. The maximum Gasteiger partial charge on any atom is 0.244 e. The van der Waals surface area contributed by atoms with Gasteiger partial charge >= 0.3 is 0 Å². The number of methoxy groups -OCH3 is 1. The van der Waals surface area contributed by atoms with E-state index in [4.69, 9.17) is 28.6 Å². The Morgan fingerprint density at radius 1 is 1.60 bits per heavy atom. The highest BCUT2D eigenvalue weighted by atomic mass is 35.5. The lowest BCUT2D eigenvalue weighted by Crippen LogP contribution is -2.36. The summed E-state index contributed by atoms with van der Waals surface area (Å²) < 4.78 is 5.45. The van der Waals surface area contributed by atoms with Crippen molar-refractivity contribution in [3.8, 4) is 5.75 Å². The second-order valence-corrected chi connectivity index (χ2v) is 5.95. The highest BCUT2D eigenvalue weighted by Crippen LogP contribution is 2.27. The SMILES string of the molecule is COc1ccc(NC(=O)CN2C(=O)CSC2=S)cc1Cl. The maximum atomic E-state index is 11.9. The van der Waals surface area contributed by atoms with E-state index in [1.807, 2.05) is 0 Å². The molecule has 0 atom stereocenters. The Kier molecular flexibility index (Phi) is 4.85. The van der Waals surface area contributed by atoms with Crippen LogP contribution in [0.1, 0.15) is 0 Å². The van der Waals surface area contributed by atoms with Gasteiger partial charge in [0.25, 0.3) is 0 Å². The zero-order chi connectivity index (χ0) is 14.7. The predicted molar refractivity (Wildman–Crippen MR) is 83.4 cm³/mol. The minimum Gasteiger partial charge on any atom is -0.495 e. The molecule has 1 aromatic carbocycles. The third kappa shape index (κ3) is 3.41. The number of hydrogen-bond donors (Lipinski definition) is 1. The molecule has 1 aromatic rings. The van der Waals surface area contributed by atoms with E-state index >= 15 is 0 Å². The fraction of sp³-hybridized carbons (Fsp3) is 0.250. The van der Waals surface area contributed by atoms with E-state index in [9.17, 15) is 9.59 Å². The Bertz CT molecular complexity index is 564. The second kappa shape index (κ2) is 6.43. The van der Waals surface area contributed by atoms with Gasteiger partial charge in [-0.05, 0) is 18.2 Å². The van der Waals surface area contributed by atoms with E-state index in [0.717, 1.165) is 0 Å². The molecule has 2 amide bonds. The molecule has 1 heterocycles. The van der Waals surface area contributed by atoms with E-state index in [1.165, 1.54) is 23.8 Å². The first kappa shape index (κ1) is 15.1. The number of benzene rings is 1. The predicted octanol–water partition coefficient (Wildman–Crippen LogP) is 2.15. The second-order valence-electron chi connectivity index (χ2n) is 3.93. The maximum absolute atomic E-state index is 11.9. The summed E-state index contributed by atoms with van der Waals surface area (Å²) in [6.45, 7) is -0.0890. The quantitative estimate of drug-likeness (QED) is 0.857. The Balaban J connectivity index is 1.99. The van der Waals surface area contributed by atoms with Crippen LogP contribution in [0.3, 0.4) is 0 Å². The Morgan fingerprint density at radius 2 is 2.35 bits per heavy atom. The largest absolute Gasteiger partial charge is 0.495 e. The van der Waals surface area contributed by atoms with Gasteiger partial charge in [-0.25, -0.2) is 0 Å². The number of amides is 2. The van der Waals surface area contributed by atoms with Crippen molar-refractivity contribution in [1.82, 2.24) is 4.90 Å². The first-order chi connectivity index (χ1) is 9.51. The van der Waals surface area contributed by atoms with Crippen LogP contribution in [0.15, 0.2) is 18.2 Å². The van der Waals surface area contributed by atoms with Crippen LogP contribution < -0.4 is 10.1 Å². The lowest BCUT2D eigenvalue weighted by Gasteiger charge is -2.14. The van der Waals surface area contributed by atoms with E-state index in [2.05, 4.69) is 5.32 Å². The molecule has 0 unspecified atom stereocenters. The van der Waals surface area contributed by atoms with Crippen molar-refractivity contribution < 1.29 is 14.3 Å². The van der Waals surface area contributed by atoms with Crippen LogP contribution in [0.5, 0.6) is 5.75 Å². The number of halogens is 1. The fourth-order valence-electron chi connectivity index (χ4n) is 1.62. The molecule has 5 nitrogen and oxygen atoms in total. The minimum atomic E-state index is -0.329. The van der Waals surface area contributed by atoms with Crippen LogP contribution in [0, 0.1) is 0 Å². The Hall–Kier alpha value is -1.31. The van der Waals surface area contributed by atoms with Gasteiger partial charge in [0.1, 0.15) is 16.6 Å². The number of anilines is 1. The van der Waals surface area contributed by atoms with E-state index in [1.54, 1.807) is 18.2 Å². The topological polar surface area (TPSA) is 58.6 Å². The van der Waals surface area contributed by atoms with Crippen LogP contribution in [0.4, 0.5) is 5.69 Å². The average molecular weight is 331 g/mol. The van der Waals surface area contributed by atoms with E-state index < -0.39 is 0 Å². The summed E-state index contributed by atoms with van der Waals surface area (Å²) in [4.78, 5) is 24.7. The number of thiocarbonyl (C=S) groups is 1. The van der Waals surface area contributed by atoms with Gasteiger partial charge in [0.15, 0.2) is 0 Å². The molecule has 0 bridgehead atoms. The van der Waals surface area contributed by atoms with Gasteiger partial charge in [0, 0.05) is 5.69 Å². The first-order valence-electron chi connectivity index (χ1n) is 5.62. The molecule has 0 aliphatic carbocycles. The number of nitrogens with zero attached hydrogens (tertiary/aromatic N) is 1. The molecule has 8 heteroatoms. The van der Waals surface area contributed by atoms with Crippen molar-refractivity contribution in [2.24, 2.45) is 0 Å². The molecule has 0 saturated carbocycles. The summed E-state index contributed by atoms with van der Waals surface area (Å²) in [5.41, 5.74) is 0.533. The number of carbonyl (C=O) groups is 2. The Morgan fingerprint density at radius 3 is 2.90 bits per heavy atom. The fourth-order valence-corrected chi connectivity index (χ4v) is 2.95. The van der Waals surface area contributed by atoms with Crippen molar-refractivity contribution in [3.63, 3.8) is 0 Å². The van der Waals surface area contributed by atoms with Gasteiger partial charge in [-0.3, -0.25) is 14.5 Å². The van der Waals surface area contributed by atoms with E-state index in [0.29, 0.717) is 26.5 Å². The highest BCUT2D eigenvalue weighted by Gasteiger charge is 2.28. The number of carbonyl (C=O) groups excluding carboxylic acids is 2. The summed E-state index contributed by atoms with van der Waals surface area (Å²) >= 11 is 12.2. The van der Waals surface area contributed by atoms with Crippen LogP contribution in [0.2, 0.25) is 5.02 Å². The number of hydrogen-bond acceptors (Lipinski definition) is 5. The summed E-state index contributed by atoms with van der Waals surface area (Å²) in [5, 5.41) is 3.06. The molecule has 0 aromatic heterocycles. The summed E-state index contributed by atoms with van der Waals surface area (Å²) in [5.74, 6) is 0.338. The standard InChI is InChI=1S/C12H11ClN2O3S2/c1-18-9-3-2-7(4-8(9)13)14-10(16)5-15-11(17)6-20-12(15)19/h2-4H,5-6H2,1H3,(H,14,16). The van der Waals surface area contributed by atoms with Gasteiger partial charge in [-0.2, -0.15) is 0 Å². The molecule has 1 aliphatic rings. The average Bonchev–Trinajstić information content (AvgIpc) is 2.71. The highest BCUT2D eigenvalue weighted by molar-refractivity contribution is 8.23. The van der Waals surface area contributed by atoms with Crippen LogP contribution >= 0.6 is 35.6 Å². The van der Waals surface area contributed by atoms with Crippen molar-refractivity contribution in [2.45, 2.75) is 0 Å². The lowest BCUT2D eigenvalue weighted by atomic mass is 10.3. The molecule has 0 spiro atoms. The number of ether oxygens (including phenoxy) is 1. The third-order valence-electron chi connectivity index (χ3n) is 2.58. The zero-order valence-corrected chi connectivity index (χ0v) is 12.9. The molecule has 1 aliphatic heterocycles. The van der Waals surface area contributed by atoms with Gasteiger partial charge in [-0.15, -0.1) is 0 Å². The molecule has 20 heavy (non-hydrogen) atoms. The molecular formula is C12H11ClN2O3S2. The molecule has 2 rings (SSSR count). The normalized spacial score (nSPS) is 14.6. The summed E-state index contributed by atoms with van der Waals surface area (Å²) in [6.07, 6.45) is 0. The number of thioether (sulfide) groups is 1. The molecular weight excluding hydrogens is 320 g/mol. The van der Waals surface area contributed by atoms with Crippen LogP contribution in [-0.2, 0) is 9.59 Å². The minimum absolute atomic E-state index is 0.0890. The molecule has 106 valence electrons. The third-order valence-corrected chi connectivity index (χ3v) is 4.31. The van der Waals surface area contributed by atoms with Crippen molar-refractivity contribution in [1.29, 1.82) is 0 Å². The van der Waals surface area contributed by atoms with Crippen molar-refractivity contribution in [3.05, 3.63) is 23.2 Å². The lowest BCUT2D eigenvalue weighted by molar-refractivity contribution is -0.127. The van der Waals surface area contributed by atoms with Gasteiger partial charge < -0.3 is 10.1 Å². The van der Waals surface area contributed by atoms with Crippen LogP contribution in [0.25, 0.3) is 0 Å². The number of nitrogens with one attached hydrogen (secondary N) is 1. The van der Waals surface area contributed by atoms with Crippen molar-refractivity contribution in [2.75, 3.05) is 24.7 Å². The molecule has 1 N–H and O–H groups in total. The monoisotopic (exact) mass is 330 g/mol. The van der Waals surface area contributed by atoms with E-state index in [-0.39, 0.29) is 18.4 Å². The molecule has 1 fully saturated rings. The van der Waals surface area contributed by atoms with Crippen LogP contribution in [-0.4, -0.2) is 40.4 Å². The number of rotatable bonds is 4. The Labute approximate surface area is 130 Å². The van der Waals surface area contributed by atoms with Crippen molar-refractivity contribution >= 4 is 57.4 Å². The molecule has 0 radical (unpaired) electrons.